The molecule has 0 spiro atoms. The predicted octanol–water partition coefficient (Wildman–Crippen LogP) is 4.06. The molecule has 0 amide bonds. The minimum atomic E-state index is 0.292. The Balaban J connectivity index is -0.000000131. The molecule has 0 aromatic heterocycles. The molecule has 1 nitrogen and oxygen atoms in total. The number of hydrogen-bond acceptors (Lipinski definition) is 1. The first-order valence-electron chi connectivity index (χ1n) is 5.22. The molecule has 0 saturated carbocycles. The summed E-state index contributed by atoms with van der Waals surface area (Å²) in [6.07, 6.45) is 2.37. The Labute approximate surface area is 90.3 Å². The van der Waals surface area contributed by atoms with Gasteiger partial charge in [-0.1, -0.05) is 27.2 Å². The van der Waals surface area contributed by atoms with Crippen LogP contribution in [0.4, 0.5) is 0 Å². The van der Waals surface area contributed by atoms with E-state index in [9.17, 15) is 0 Å². The lowest BCUT2D eigenvalue weighted by Crippen LogP contribution is -2.31. The third-order valence-electron chi connectivity index (χ3n) is 1.24. The van der Waals surface area contributed by atoms with E-state index in [0.29, 0.717) is 5.54 Å². The Bertz CT molecular complexity index is 65.0. The monoisotopic (exact) mass is 209 g/mol. The van der Waals surface area contributed by atoms with Gasteiger partial charge in [0.25, 0.3) is 0 Å². The number of alkyl halides is 1. The van der Waals surface area contributed by atoms with Crippen LogP contribution >= 0.6 is 11.6 Å². The van der Waals surface area contributed by atoms with E-state index in [1.807, 2.05) is 20.9 Å². The van der Waals surface area contributed by atoms with Crippen molar-refractivity contribution in [2.24, 2.45) is 0 Å². The van der Waals surface area contributed by atoms with Crippen LogP contribution in [-0.4, -0.2) is 18.5 Å². The van der Waals surface area contributed by atoms with Gasteiger partial charge in [-0.2, -0.15) is 0 Å². The summed E-state index contributed by atoms with van der Waals surface area (Å²) in [6, 6.07) is 0. The van der Waals surface area contributed by atoms with E-state index in [0.717, 1.165) is 12.3 Å². The highest BCUT2D eigenvalue weighted by atomic mass is 35.5. The Morgan fingerprint density at radius 3 is 1.46 bits per heavy atom. The van der Waals surface area contributed by atoms with Gasteiger partial charge in [0, 0.05) is 11.4 Å². The van der Waals surface area contributed by atoms with E-state index in [2.05, 4.69) is 33.0 Å². The van der Waals surface area contributed by atoms with Crippen molar-refractivity contribution >= 4 is 11.6 Å². The standard InChI is InChI=1S/C5H13N.C4H9Cl.C2H6/c1-5(2,3)6-4;1-2-3-4-5;1-2/h6H,1-4H3;2-4H2,1H3;1-2H3. The SMILES string of the molecule is CC.CCCCCl.CNC(C)(C)C. The number of unbranched alkanes of at least 4 members (excludes halogenated alkanes) is 1. The molecule has 0 fully saturated rings. The van der Waals surface area contributed by atoms with Crippen molar-refractivity contribution in [2.45, 2.75) is 59.9 Å². The molecule has 1 N–H and O–H groups in total. The van der Waals surface area contributed by atoms with Gasteiger partial charge in [-0.3, -0.25) is 0 Å². The van der Waals surface area contributed by atoms with Gasteiger partial charge in [-0.25, -0.2) is 0 Å². The predicted molar refractivity (Wildman–Crippen MR) is 65.8 cm³/mol. The third kappa shape index (κ3) is 46.7. The molecular weight excluding hydrogens is 182 g/mol. The number of rotatable bonds is 2. The lowest BCUT2D eigenvalue weighted by Gasteiger charge is -2.15. The second kappa shape index (κ2) is 14.8. The van der Waals surface area contributed by atoms with Crippen LogP contribution in [0, 0.1) is 0 Å². The molecule has 0 atom stereocenters. The van der Waals surface area contributed by atoms with E-state index >= 15 is 0 Å². The highest BCUT2D eigenvalue weighted by molar-refractivity contribution is 6.17. The van der Waals surface area contributed by atoms with Crippen LogP contribution in [0.25, 0.3) is 0 Å². The van der Waals surface area contributed by atoms with Crippen molar-refractivity contribution in [3.63, 3.8) is 0 Å². The van der Waals surface area contributed by atoms with E-state index < -0.39 is 0 Å². The van der Waals surface area contributed by atoms with Crippen LogP contribution in [-0.2, 0) is 0 Å². The molecule has 0 aromatic rings. The molecule has 0 aromatic carbocycles. The van der Waals surface area contributed by atoms with Gasteiger partial charge >= 0.3 is 0 Å². The van der Waals surface area contributed by atoms with Gasteiger partial charge < -0.3 is 5.32 Å². The van der Waals surface area contributed by atoms with Crippen molar-refractivity contribution in [3.8, 4) is 0 Å². The summed E-state index contributed by atoms with van der Waals surface area (Å²) in [7, 11) is 1.96. The van der Waals surface area contributed by atoms with Crippen molar-refractivity contribution in [3.05, 3.63) is 0 Å². The zero-order chi connectivity index (χ0) is 11.3. The fraction of sp³-hybridized carbons (Fsp3) is 1.00. The zero-order valence-corrected chi connectivity index (χ0v) is 11.3. The Morgan fingerprint density at radius 2 is 1.46 bits per heavy atom. The number of nitrogens with one attached hydrogen (secondary N) is 1. The smallest absolute Gasteiger partial charge is 0.0223 e. The molecular formula is C11H28ClN. The Hall–Kier alpha value is 0.250. The lowest BCUT2D eigenvalue weighted by atomic mass is 10.1. The van der Waals surface area contributed by atoms with Crippen LogP contribution in [0.5, 0.6) is 0 Å². The zero-order valence-electron chi connectivity index (χ0n) is 10.5. The van der Waals surface area contributed by atoms with Gasteiger partial charge in [0.1, 0.15) is 0 Å². The summed E-state index contributed by atoms with van der Waals surface area (Å²) in [5.74, 6) is 0.816. The summed E-state index contributed by atoms with van der Waals surface area (Å²) >= 11 is 5.30. The van der Waals surface area contributed by atoms with Crippen molar-refractivity contribution in [1.82, 2.24) is 5.32 Å². The maximum Gasteiger partial charge on any atom is 0.0223 e. The fourth-order valence-electron chi connectivity index (χ4n) is 0.134. The summed E-state index contributed by atoms with van der Waals surface area (Å²) in [6.45, 7) is 12.5. The average molecular weight is 210 g/mol. The molecule has 0 saturated heterocycles. The second-order valence-corrected chi connectivity index (χ2v) is 3.92. The molecule has 13 heavy (non-hydrogen) atoms. The highest BCUT2D eigenvalue weighted by Crippen LogP contribution is 1.93. The quantitative estimate of drug-likeness (QED) is 0.677. The molecule has 0 radical (unpaired) electrons. The fourth-order valence-corrected chi connectivity index (χ4v) is 0.401. The van der Waals surface area contributed by atoms with Gasteiger partial charge in [0.15, 0.2) is 0 Å². The molecule has 2 heteroatoms. The highest BCUT2D eigenvalue weighted by Gasteiger charge is 2.01. The largest absolute Gasteiger partial charge is 0.315 e. The second-order valence-electron chi connectivity index (χ2n) is 3.54. The van der Waals surface area contributed by atoms with E-state index in [1.165, 1.54) is 6.42 Å². The van der Waals surface area contributed by atoms with Gasteiger partial charge in [0.2, 0.25) is 0 Å². The maximum atomic E-state index is 5.30. The van der Waals surface area contributed by atoms with Gasteiger partial charge in [-0.05, 0) is 34.2 Å². The van der Waals surface area contributed by atoms with E-state index in [1.54, 1.807) is 0 Å². The van der Waals surface area contributed by atoms with Crippen molar-refractivity contribution in [2.75, 3.05) is 12.9 Å². The van der Waals surface area contributed by atoms with Crippen molar-refractivity contribution < 1.29 is 0 Å². The first kappa shape index (κ1) is 18.9. The molecule has 0 unspecified atom stereocenters. The minimum absolute atomic E-state index is 0.292. The van der Waals surface area contributed by atoms with Crippen LogP contribution in [0.3, 0.4) is 0 Å². The molecule has 0 heterocycles. The van der Waals surface area contributed by atoms with Crippen LogP contribution in [0.1, 0.15) is 54.4 Å². The van der Waals surface area contributed by atoms with E-state index in [4.69, 9.17) is 11.6 Å². The Morgan fingerprint density at radius 1 is 1.15 bits per heavy atom. The summed E-state index contributed by atoms with van der Waals surface area (Å²) in [5, 5.41) is 3.10. The molecule has 0 rings (SSSR count). The maximum absolute atomic E-state index is 5.30. The first-order valence-corrected chi connectivity index (χ1v) is 5.76. The van der Waals surface area contributed by atoms with Crippen molar-refractivity contribution in [1.29, 1.82) is 0 Å². The van der Waals surface area contributed by atoms with Gasteiger partial charge in [0.05, 0.1) is 0 Å². The normalized spacial score (nSPS) is 9.23. The van der Waals surface area contributed by atoms with Crippen LogP contribution in [0.15, 0.2) is 0 Å². The minimum Gasteiger partial charge on any atom is -0.315 e. The molecule has 0 bridgehead atoms. The van der Waals surface area contributed by atoms with Gasteiger partial charge in [-0.15, -0.1) is 11.6 Å². The molecule has 0 aliphatic carbocycles. The lowest BCUT2D eigenvalue weighted by molar-refractivity contribution is 0.469. The average Bonchev–Trinajstić information content (AvgIpc) is 2.09. The third-order valence-corrected chi connectivity index (χ3v) is 1.50. The first-order chi connectivity index (χ1) is 5.97. The van der Waals surface area contributed by atoms with E-state index in [-0.39, 0.29) is 0 Å². The molecule has 0 aliphatic heterocycles. The Kier molecular flexibility index (Phi) is 21.5. The number of halogens is 1. The van der Waals surface area contributed by atoms with Crippen LogP contribution < -0.4 is 5.32 Å². The number of hydrogen-bond donors (Lipinski definition) is 1. The summed E-state index contributed by atoms with van der Waals surface area (Å²) in [4.78, 5) is 0. The van der Waals surface area contributed by atoms with Crippen LogP contribution in [0.2, 0.25) is 0 Å². The summed E-state index contributed by atoms with van der Waals surface area (Å²) in [5.41, 5.74) is 0.292. The molecule has 0 aliphatic rings. The summed E-state index contributed by atoms with van der Waals surface area (Å²) < 4.78 is 0. The molecule has 84 valence electrons. The topological polar surface area (TPSA) is 12.0 Å².